The van der Waals surface area contributed by atoms with Gasteiger partial charge in [-0.2, -0.15) is 0 Å². The van der Waals surface area contributed by atoms with Crippen molar-refractivity contribution in [3.05, 3.63) is 29.3 Å². The van der Waals surface area contributed by atoms with Crippen molar-refractivity contribution < 1.29 is 19.0 Å². The second-order valence-electron chi connectivity index (χ2n) is 5.47. The fourth-order valence-corrected chi connectivity index (χ4v) is 2.90. The van der Waals surface area contributed by atoms with Crippen LogP contribution in [0.3, 0.4) is 0 Å². The predicted molar refractivity (Wildman–Crippen MR) is 77.4 cm³/mol. The van der Waals surface area contributed by atoms with Gasteiger partial charge in [0.2, 0.25) is 0 Å². The number of rotatable bonds is 5. The maximum atomic E-state index is 12.1. The van der Waals surface area contributed by atoms with E-state index in [-0.39, 0.29) is 12.1 Å². The first-order valence-electron chi connectivity index (χ1n) is 7.46. The third kappa shape index (κ3) is 3.19. The van der Waals surface area contributed by atoms with Gasteiger partial charge in [-0.05, 0) is 36.1 Å². The summed E-state index contributed by atoms with van der Waals surface area (Å²) in [6, 6.07) is 5.44. The Hall–Kier alpha value is -1.59. The van der Waals surface area contributed by atoms with Gasteiger partial charge in [-0.25, -0.2) is 4.79 Å². The van der Waals surface area contributed by atoms with Crippen molar-refractivity contribution >= 4 is 5.97 Å². The summed E-state index contributed by atoms with van der Waals surface area (Å²) in [5, 5.41) is 3.28. The van der Waals surface area contributed by atoms with Crippen molar-refractivity contribution in [1.82, 2.24) is 5.32 Å². The average molecular weight is 291 g/mol. The van der Waals surface area contributed by atoms with Gasteiger partial charge in [0.15, 0.2) is 0 Å². The molecule has 1 fully saturated rings. The smallest absolute Gasteiger partial charge is 0.327 e. The van der Waals surface area contributed by atoms with Gasteiger partial charge in [0, 0.05) is 19.6 Å². The molecule has 1 aromatic rings. The van der Waals surface area contributed by atoms with Gasteiger partial charge >= 0.3 is 5.97 Å². The first-order chi connectivity index (χ1) is 10.3. The van der Waals surface area contributed by atoms with Crippen LogP contribution in [0.1, 0.15) is 30.0 Å². The highest BCUT2D eigenvalue weighted by Gasteiger charge is 2.25. The monoisotopic (exact) mass is 291 g/mol. The highest BCUT2D eigenvalue weighted by molar-refractivity contribution is 5.77. The van der Waals surface area contributed by atoms with E-state index in [9.17, 15) is 4.79 Å². The third-order valence-electron chi connectivity index (χ3n) is 4.06. The van der Waals surface area contributed by atoms with E-state index in [1.807, 2.05) is 18.2 Å². The zero-order chi connectivity index (χ0) is 14.7. The SMILES string of the molecule is COC(=O)C(NCC1CCCO1)c1ccc2c(c1)CCO2. The van der Waals surface area contributed by atoms with E-state index in [2.05, 4.69) is 5.32 Å². The molecule has 5 nitrogen and oxygen atoms in total. The standard InChI is InChI=1S/C16H21NO4/c1-19-16(18)15(17-10-13-3-2-7-20-13)12-4-5-14-11(9-12)6-8-21-14/h4-5,9,13,15,17H,2-3,6-8,10H2,1H3. The van der Waals surface area contributed by atoms with Crippen LogP contribution < -0.4 is 10.1 Å². The third-order valence-corrected chi connectivity index (χ3v) is 4.06. The Labute approximate surface area is 124 Å². The molecule has 0 saturated carbocycles. The molecule has 114 valence electrons. The number of fused-ring (bicyclic) bond motifs is 1. The second-order valence-corrected chi connectivity index (χ2v) is 5.47. The number of ether oxygens (including phenoxy) is 3. The zero-order valence-electron chi connectivity index (χ0n) is 12.3. The Bertz CT molecular complexity index is 511. The summed E-state index contributed by atoms with van der Waals surface area (Å²) in [6.45, 7) is 2.18. The van der Waals surface area contributed by atoms with E-state index in [1.54, 1.807) is 0 Å². The average Bonchev–Trinajstić information content (AvgIpc) is 3.17. The summed E-state index contributed by atoms with van der Waals surface area (Å²) in [6.07, 6.45) is 3.21. The molecule has 5 heteroatoms. The van der Waals surface area contributed by atoms with Crippen LogP contribution in [-0.4, -0.2) is 38.9 Å². The van der Waals surface area contributed by atoms with Crippen LogP contribution >= 0.6 is 0 Å². The number of carbonyl (C=O) groups is 1. The number of carbonyl (C=O) groups excluding carboxylic acids is 1. The lowest BCUT2D eigenvalue weighted by atomic mass is 10.0. The Kier molecular flexibility index (Phi) is 4.41. The lowest BCUT2D eigenvalue weighted by Gasteiger charge is -2.19. The minimum Gasteiger partial charge on any atom is -0.493 e. The number of hydrogen-bond acceptors (Lipinski definition) is 5. The van der Waals surface area contributed by atoms with Crippen LogP contribution in [0.2, 0.25) is 0 Å². The topological polar surface area (TPSA) is 56.8 Å². The van der Waals surface area contributed by atoms with Crippen LogP contribution in [0.15, 0.2) is 18.2 Å². The summed E-state index contributed by atoms with van der Waals surface area (Å²) >= 11 is 0. The molecule has 2 heterocycles. The summed E-state index contributed by atoms with van der Waals surface area (Å²) in [7, 11) is 1.42. The molecule has 3 rings (SSSR count). The largest absolute Gasteiger partial charge is 0.493 e. The van der Waals surface area contributed by atoms with Gasteiger partial charge in [0.05, 0.1) is 19.8 Å². The molecule has 2 unspecified atom stereocenters. The molecule has 1 saturated heterocycles. The number of hydrogen-bond donors (Lipinski definition) is 1. The Morgan fingerprint density at radius 2 is 2.38 bits per heavy atom. The van der Waals surface area contributed by atoms with Crippen LogP contribution in [0, 0.1) is 0 Å². The molecule has 2 atom stereocenters. The second kappa shape index (κ2) is 6.45. The van der Waals surface area contributed by atoms with Crippen molar-refractivity contribution in [2.75, 3.05) is 26.9 Å². The van der Waals surface area contributed by atoms with Crippen LogP contribution in [0.5, 0.6) is 5.75 Å². The molecule has 1 N–H and O–H groups in total. The quantitative estimate of drug-likeness (QED) is 0.835. The summed E-state index contributed by atoms with van der Waals surface area (Å²) in [5.41, 5.74) is 2.07. The van der Waals surface area contributed by atoms with Crippen LogP contribution in [0.4, 0.5) is 0 Å². The van der Waals surface area contributed by atoms with Gasteiger partial charge in [0.25, 0.3) is 0 Å². The molecule has 0 radical (unpaired) electrons. The van der Waals surface area contributed by atoms with E-state index < -0.39 is 6.04 Å². The summed E-state index contributed by atoms with van der Waals surface area (Å²) in [4.78, 5) is 12.1. The van der Waals surface area contributed by atoms with Gasteiger partial charge in [0.1, 0.15) is 11.8 Å². The first-order valence-corrected chi connectivity index (χ1v) is 7.46. The minimum absolute atomic E-state index is 0.190. The Morgan fingerprint density at radius 1 is 1.48 bits per heavy atom. The normalized spacial score (nSPS) is 21.7. The summed E-state index contributed by atoms with van der Waals surface area (Å²) in [5.74, 6) is 0.647. The van der Waals surface area contributed by atoms with Crippen molar-refractivity contribution in [3.63, 3.8) is 0 Å². The maximum absolute atomic E-state index is 12.1. The number of nitrogens with one attached hydrogen (secondary N) is 1. The number of esters is 1. The zero-order valence-corrected chi connectivity index (χ0v) is 12.3. The number of methoxy groups -OCH3 is 1. The Morgan fingerprint density at radius 3 is 3.14 bits per heavy atom. The molecule has 0 bridgehead atoms. The van der Waals surface area contributed by atoms with E-state index in [0.717, 1.165) is 42.7 Å². The molecule has 1 aromatic carbocycles. The van der Waals surface area contributed by atoms with Crippen molar-refractivity contribution in [2.24, 2.45) is 0 Å². The van der Waals surface area contributed by atoms with Gasteiger partial charge in [-0.3, -0.25) is 5.32 Å². The van der Waals surface area contributed by atoms with Gasteiger partial charge < -0.3 is 14.2 Å². The maximum Gasteiger partial charge on any atom is 0.327 e. The molecule has 0 spiro atoms. The highest BCUT2D eigenvalue weighted by Crippen LogP contribution is 2.28. The molecule has 2 aliphatic heterocycles. The first kappa shape index (κ1) is 14.4. The fraction of sp³-hybridized carbons (Fsp3) is 0.562. The fourth-order valence-electron chi connectivity index (χ4n) is 2.90. The van der Waals surface area contributed by atoms with Crippen molar-refractivity contribution in [3.8, 4) is 5.75 Å². The highest BCUT2D eigenvalue weighted by atomic mass is 16.5. The van der Waals surface area contributed by atoms with E-state index in [4.69, 9.17) is 14.2 Å². The molecule has 2 aliphatic rings. The number of benzene rings is 1. The molecule has 0 aliphatic carbocycles. The van der Waals surface area contributed by atoms with Gasteiger partial charge in [-0.15, -0.1) is 0 Å². The van der Waals surface area contributed by atoms with E-state index in [1.165, 1.54) is 7.11 Å². The molecule has 0 aromatic heterocycles. The Balaban J connectivity index is 1.73. The lowest BCUT2D eigenvalue weighted by Crippen LogP contribution is -2.35. The minimum atomic E-state index is -0.454. The van der Waals surface area contributed by atoms with Crippen molar-refractivity contribution in [2.45, 2.75) is 31.4 Å². The van der Waals surface area contributed by atoms with E-state index in [0.29, 0.717) is 13.2 Å². The van der Waals surface area contributed by atoms with Crippen LogP contribution in [0.25, 0.3) is 0 Å². The van der Waals surface area contributed by atoms with Gasteiger partial charge in [-0.1, -0.05) is 6.07 Å². The molecular formula is C16H21NO4. The van der Waals surface area contributed by atoms with E-state index >= 15 is 0 Å². The molecule has 21 heavy (non-hydrogen) atoms. The predicted octanol–water partition coefficient (Wildman–Crippen LogP) is 1.60. The molecular weight excluding hydrogens is 270 g/mol. The van der Waals surface area contributed by atoms with Crippen molar-refractivity contribution in [1.29, 1.82) is 0 Å². The molecule has 0 amide bonds. The van der Waals surface area contributed by atoms with Crippen LogP contribution in [-0.2, 0) is 20.7 Å². The lowest BCUT2D eigenvalue weighted by molar-refractivity contribution is -0.143. The summed E-state index contributed by atoms with van der Waals surface area (Å²) < 4.78 is 16.0.